The summed E-state index contributed by atoms with van der Waals surface area (Å²) in [5, 5.41) is 21.2. The minimum absolute atomic E-state index is 0.0625. The molecule has 31 heavy (non-hydrogen) atoms. The number of nitrogens with zero attached hydrogens (tertiary/aromatic N) is 2. The number of hydrogen-bond donors (Lipinski definition) is 1. The van der Waals surface area contributed by atoms with E-state index >= 15 is 0 Å². The van der Waals surface area contributed by atoms with E-state index in [-0.39, 0.29) is 21.9 Å². The van der Waals surface area contributed by atoms with Crippen LogP contribution in [0, 0.1) is 11.3 Å². The number of alkyl halides is 3. The van der Waals surface area contributed by atoms with Crippen molar-refractivity contribution < 1.29 is 18.3 Å². The second kappa shape index (κ2) is 8.25. The van der Waals surface area contributed by atoms with Gasteiger partial charge in [-0.05, 0) is 29.3 Å². The molecule has 0 aliphatic rings. The Labute approximate surface area is 180 Å². The van der Waals surface area contributed by atoms with Gasteiger partial charge in [0.1, 0.15) is 22.4 Å². The minimum atomic E-state index is -4.49. The Morgan fingerprint density at radius 2 is 1.52 bits per heavy atom. The Morgan fingerprint density at radius 3 is 2.03 bits per heavy atom. The summed E-state index contributed by atoms with van der Waals surface area (Å²) in [6.45, 7) is 0. The van der Waals surface area contributed by atoms with Crippen molar-refractivity contribution in [2.45, 2.75) is 12.1 Å². The number of thiazole rings is 1. The van der Waals surface area contributed by atoms with Gasteiger partial charge in [0.05, 0.1) is 21.7 Å². The van der Waals surface area contributed by atoms with Crippen LogP contribution < -0.4 is 0 Å². The Bertz CT molecular complexity index is 1250. The molecule has 154 valence electrons. The maximum absolute atomic E-state index is 13.0. The summed E-state index contributed by atoms with van der Waals surface area (Å²) in [5.74, 6) is -0.815. The molecule has 0 saturated carbocycles. The molecule has 1 heterocycles. The molecule has 3 aromatic carbocycles. The number of nitriles is 1. The molecule has 4 rings (SSSR count). The van der Waals surface area contributed by atoms with Crippen molar-refractivity contribution in [1.82, 2.24) is 4.98 Å². The zero-order chi connectivity index (χ0) is 22.0. The van der Waals surface area contributed by atoms with Crippen molar-refractivity contribution in [3.8, 4) is 6.07 Å². The molecule has 7 heteroatoms. The zero-order valence-electron chi connectivity index (χ0n) is 16.0. The normalized spacial score (nSPS) is 12.6. The van der Waals surface area contributed by atoms with Gasteiger partial charge in [0.15, 0.2) is 0 Å². The number of hydrogen-bond acceptors (Lipinski definition) is 4. The van der Waals surface area contributed by atoms with E-state index in [0.29, 0.717) is 4.70 Å². The van der Waals surface area contributed by atoms with Crippen molar-refractivity contribution >= 4 is 27.1 Å². The summed E-state index contributed by atoms with van der Waals surface area (Å²) in [5.41, 5.74) is 0.813. The molecule has 0 fully saturated rings. The maximum atomic E-state index is 13.0. The largest absolute Gasteiger partial charge is 0.510 e. The van der Waals surface area contributed by atoms with E-state index < -0.39 is 17.7 Å². The van der Waals surface area contributed by atoms with Gasteiger partial charge in [-0.1, -0.05) is 60.7 Å². The Kier molecular flexibility index (Phi) is 5.49. The summed E-state index contributed by atoms with van der Waals surface area (Å²) < 4.78 is 39.6. The average molecular weight is 436 g/mol. The van der Waals surface area contributed by atoms with Crippen LogP contribution in [0.15, 0.2) is 84.6 Å². The monoisotopic (exact) mass is 436 g/mol. The fourth-order valence-corrected chi connectivity index (χ4v) is 4.32. The maximum Gasteiger partial charge on any atom is 0.416 e. The van der Waals surface area contributed by atoms with E-state index in [0.717, 1.165) is 34.6 Å². The number of benzene rings is 3. The highest BCUT2D eigenvalue weighted by atomic mass is 32.1. The molecule has 1 aromatic heterocycles. The summed E-state index contributed by atoms with van der Waals surface area (Å²) in [6.07, 6.45) is -4.49. The lowest BCUT2D eigenvalue weighted by Gasteiger charge is -2.18. The summed E-state index contributed by atoms with van der Waals surface area (Å²) >= 11 is 1.07. The molecular formula is C24H15F3N2OS. The third-order valence-electron chi connectivity index (χ3n) is 4.84. The third kappa shape index (κ3) is 4.16. The molecule has 0 radical (unpaired) electrons. The molecule has 3 nitrogen and oxygen atoms in total. The van der Waals surface area contributed by atoms with Crippen molar-refractivity contribution in [3.05, 3.63) is 106 Å². The lowest BCUT2D eigenvalue weighted by Crippen LogP contribution is -2.07. The molecule has 0 saturated heterocycles. The second-order valence-electron chi connectivity index (χ2n) is 6.83. The third-order valence-corrected chi connectivity index (χ3v) is 5.89. The van der Waals surface area contributed by atoms with E-state index in [2.05, 4.69) is 4.98 Å². The van der Waals surface area contributed by atoms with Gasteiger partial charge in [0, 0.05) is 0 Å². The van der Waals surface area contributed by atoms with Crippen molar-refractivity contribution in [3.63, 3.8) is 0 Å². The zero-order valence-corrected chi connectivity index (χ0v) is 16.8. The summed E-state index contributed by atoms with van der Waals surface area (Å²) in [6, 6.07) is 23.7. The van der Waals surface area contributed by atoms with Crippen LogP contribution in [0.1, 0.15) is 27.6 Å². The standard InChI is InChI=1S/C24H15F3N2OS/c25-24(26,27)17-11-12-20-19(13-17)29-23(31-20)18(14-28)22(30)21(15-7-3-1-4-8-15)16-9-5-2-6-10-16/h1-13,21,30H/b22-18-. The fourth-order valence-electron chi connectivity index (χ4n) is 3.37. The molecule has 0 unspecified atom stereocenters. The number of rotatable bonds is 4. The number of aromatic nitrogens is 1. The van der Waals surface area contributed by atoms with Gasteiger partial charge >= 0.3 is 6.18 Å². The molecule has 0 aliphatic heterocycles. The number of halogens is 3. The topological polar surface area (TPSA) is 56.9 Å². The first-order valence-corrected chi connectivity index (χ1v) is 10.1. The van der Waals surface area contributed by atoms with Crippen molar-refractivity contribution in [2.24, 2.45) is 0 Å². The van der Waals surface area contributed by atoms with Gasteiger partial charge in [-0.2, -0.15) is 18.4 Å². The molecule has 4 aromatic rings. The molecule has 0 aliphatic carbocycles. The average Bonchev–Trinajstić information content (AvgIpc) is 3.18. The van der Waals surface area contributed by atoms with Crippen LogP contribution in [-0.2, 0) is 6.18 Å². The van der Waals surface area contributed by atoms with Crippen LogP contribution in [0.5, 0.6) is 0 Å². The molecule has 0 amide bonds. The first kappa shape index (κ1) is 20.6. The first-order valence-electron chi connectivity index (χ1n) is 9.30. The number of allylic oxidation sites excluding steroid dienone is 2. The van der Waals surface area contributed by atoms with Crippen LogP contribution in [0.4, 0.5) is 13.2 Å². The van der Waals surface area contributed by atoms with E-state index in [1.54, 1.807) is 0 Å². The van der Waals surface area contributed by atoms with Gasteiger partial charge in [-0.25, -0.2) is 4.98 Å². The summed E-state index contributed by atoms with van der Waals surface area (Å²) in [4.78, 5) is 4.23. The fraction of sp³-hybridized carbons (Fsp3) is 0.0833. The predicted octanol–water partition coefficient (Wildman–Crippen LogP) is 6.94. The SMILES string of the molecule is N#C/C(=C(/O)C(c1ccccc1)c1ccccc1)c1nc2cc(C(F)(F)F)ccc2s1. The van der Waals surface area contributed by atoms with E-state index in [4.69, 9.17) is 0 Å². The lowest BCUT2D eigenvalue weighted by molar-refractivity contribution is -0.137. The molecule has 0 spiro atoms. The van der Waals surface area contributed by atoms with Crippen molar-refractivity contribution in [1.29, 1.82) is 5.26 Å². The Hall–Kier alpha value is -3.63. The Balaban J connectivity index is 1.87. The highest BCUT2D eigenvalue weighted by Gasteiger charge is 2.31. The number of fused-ring (bicyclic) bond motifs is 1. The molecule has 1 N–H and O–H groups in total. The lowest BCUT2D eigenvalue weighted by atomic mass is 9.88. The molecule has 0 bridgehead atoms. The first-order chi connectivity index (χ1) is 14.9. The van der Waals surface area contributed by atoms with E-state index in [1.165, 1.54) is 6.07 Å². The number of aliphatic hydroxyl groups is 1. The predicted molar refractivity (Wildman–Crippen MR) is 115 cm³/mol. The number of aliphatic hydroxyl groups excluding tert-OH is 1. The Morgan fingerprint density at radius 1 is 0.935 bits per heavy atom. The van der Waals surface area contributed by atoms with Crippen LogP contribution in [0.25, 0.3) is 15.8 Å². The smallest absolute Gasteiger partial charge is 0.416 e. The van der Waals surface area contributed by atoms with Gasteiger partial charge in [-0.15, -0.1) is 11.3 Å². The summed E-state index contributed by atoms with van der Waals surface area (Å²) in [7, 11) is 0. The van der Waals surface area contributed by atoms with E-state index in [9.17, 15) is 23.5 Å². The highest BCUT2D eigenvalue weighted by Crippen LogP contribution is 2.38. The van der Waals surface area contributed by atoms with Gasteiger partial charge in [0.25, 0.3) is 0 Å². The van der Waals surface area contributed by atoms with E-state index in [1.807, 2.05) is 66.7 Å². The van der Waals surface area contributed by atoms with Crippen LogP contribution >= 0.6 is 11.3 Å². The van der Waals surface area contributed by atoms with Crippen LogP contribution in [0.3, 0.4) is 0 Å². The highest BCUT2D eigenvalue weighted by molar-refractivity contribution is 7.19. The second-order valence-corrected chi connectivity index (χ2v) is 7.86. The van der Waals surface area contributed by atoms with Gasteiger partial charge in [0.2, 0.25) is 0 Å². The molecule has 0 atom stereocenters. The van der Waals surface area contributed by atoms with Crippen LogP contribution in [-0.4, -0.2) is 10.1 Å². The van der Waals surface area contributed by atoms with Gasteiger partial charge in [-0.3, -0.25) is 0 Å². The van der Waals surface area contributed by atoms with Crippen molar-refractivity contribution in [2.75, 3.05) is 0 Å². The quantitative estimate of drug-likeness (QED) is 0.278. The van der Waals surface area contributed by atoms with Gasteiger partial charge < -0.3 is 5.11 Å². The minimum Gasteiger partial charge on any atom is -0.510 e. The molecular weight excluding hydrogens is 421 g/mol. The van der Waals surface area contributed by atoms with Crippen LogP contribution in [0.2, 0.25) is 0 Å².